The number of pyridine rings is 1. The number of carbonyl (C=O) groups is 1. The number of hydrogen-bond donors (Lipinski definition) is 2. The van der Waals surface area contributed by atoms with Crippen LogP contribution in [0.5, 0.6) is 0 Å². The first-order valence-electron chi connectivity index (χ1n) is 6.19. The predicted molar refractivity (Wildman–Crippen MR) is 87.5 cm³/mol. The molecule has 0 aliphatic carbocycles. The summed E-state index contributed by atoms with van der Waals surface area (Å²) in [5.74, 6) is 0.0236. The molecule has 118 valence electrons. The highest BCUT2D eigenvalue weighted by Crippen LogP contribution is 2.29. The van der Waals surface area contributed by atoms with Crippen LogP contribution in [0.4, 0.5) is 16.3 Å². The number of hydrogen-bond acceptors (Lipinski definition) is 4. The lowest BCUT2D eigenvalue weighted by Gasteiger charge is -2.09. The Kier molecular flexibility index (Phi) is 3.97. The average Bonchev–Trinajstić information content (AvgIpc) is 2.79. The maximum Gasteiger partial charge on any atom is 0.324 e. The second kappa shape index (κ2) is 5.80. The van der Waals surface area contributed by atoms with E-state index in [4.69, 9.17) is 23.2 Å². The average molecular weight is 371 g/mol. The summed E-state index contributed by atoms with van der Waals surface area (Å²) >= 11 is 11.8. The van der Waals surface area contributed by atoms with Gasteiger partial charge >= 0.3 is 6.03 Å². The molecule has 1 aliphatic heterocycles. The number of fused-ring (bicyclic) bond motifs is 1. The van der Waals surface area contributed by atoms with Crippen molar-refractivity contribution in [1.82, 2.24) is 4.98 Å². The number of benzene rings is 1. The summed E-state index contributed by atoms with van der Waals surface area (Å²) in [6.45, 7) is 0. The van der Waals surface area contributed by atoms with E-state index in [0.717, 1.165) is 5.41 Å². The summed E-state index contributed by atoms with van der Waals surface area (Å²) in [6.07, 6.45) is 1.37. The molecule has 2 aromatic rings. The summed E-state index contributed by atoms with van der Waals surface area (Å²) in [7, 11) is -3.69. The Morgan fingerprint density at radius 2 is 1.91 bits per heavy atom. The Labute approximate surface area is 140 Å². The molecule has 23 heavy (non-hydrogen) atoms. The molecule has 1 aromatic heterocycles. The zero-order valence-corrected chi connectivity index (χ0v) is 13.6. The van der Waals surface area contributed by atoms with Crippen LogP contribution in [0, 0.1) is 0 Å². The highest BCUT2D eigenvalue weighted by Gasteiger charge is 2.16. The lowest BCUT2D eigenvalue weighted by atomic mass is 10.3. The number of urea groups is 1. The van der Waals surface area contributed by atoms with E-state index in [1.807, 2.05) is 0 Å². The van der Waals surface area contributed by atoms with E-state index < -0.39 is 16.1 Å². The Morgan fingerprint density at radius 3 is 2.70 bits per heavy atom. The number of carbonyl (C=O) groups excluding carboxylic acids is 1. The molecule has 2 N–H and O–H groups in total. The first kappa shape index (κ1) is 15.7. The van der Waals surface area contributed by atoms with Crippen LogP contribution in [0.15, 0.2) is 34.9 Å². The zero-order valence-electron chi connectivity index (χ0n) is 11.2. The van der Waals surface area contributed by atoms with E-state index in [1.54, 1.807) is 18.2 Å². The van der Waals surface area contributed by atoms with Gasteiger partial charge in [0.05, 0.1) is 21.1 Å². The van der Waals surface area contributed by atoms with Crippen molar-refractivity contribution in [2.24, 2.45) is 4.40 Å². The van der Waals surface area contributed by atoms with E-state index in [9.17, 15) is 13.2 Å². The monoisotopic (exact) mass is 370 g/mol. The fraction of sp³-hybridized carbons (Fsp3) is 0. The van der Waals surface area contributed by atoms with Crippen molar-refractivity contribution >= 4 is 56.2 Å². The largest absolute Gasteiger partial charge is 0.324 e. The van der Waals surface area contributed by atoms with Gasteiger partial charge in [-0.05, 0) is 18.2 Å². The SMILES string of the molecule is O=C(Nc1cccc(Cl)c1Cl)Nc1nccc2c1=NS(=O)(=O)C=2. The third-order valence-electron chi connectivity index (χ3n) is 2.88. The van der Waals surface area contributed by atoms with Crippen molar-refractivity contribution < 1.29 is 13.2 Å². The van der Waals surface area contributed by atoms with Crippen LogP contribution in [0.3, 0.4) is 0 Å². The Bertz CT molecular complexity index is 1040. The van der Waals surface area contributed by atoms with Crippen LogP contribution in [0.1, 0.15) is 0 Å². The third-order valence-corrected chi connectivity index (χ3v) is 4.69. The zero-order chi connectivity index (χ0) is 16.6. The molecule has 0 saturated heterocycles. The van der Waals surface area contributed by atoms with E-state index in [1.165, 1.54) is 12.3 Å². The Hall–Kier alpha value is -2.16. The summed E-state index contributed by atoms with van der Waals surface area (Å²) in [5, 5.41) is 6.86. The number of sulfonamides is 1. The van der Waals surface area contributed by atoms with Gasteiger partial charge in [-0.3, -0.25) is 5.32 Å². The second-order valence-electron chi connectivity index (χ2n) is 4.50. The third kappa shape index (κ3) is 3.29. The van der Waals surface area contributed by atoms with Crippen LogP contribution in [0.25, 0.3) is 5.41 Å². The topological polar surface area (TPSA) is 101 Å². The van der Waals surface area contributed by atoms with Gasteiger partial charge in [-0.15, -0.1) is 0 Å². The van der Waals surface area contributed by atoms with E-state index in [2.05, 4.69) is 20.0 Å². The van der Waals surface area contributed by atoms with Gasteiger partial charge < -0.3 is 5.32 Å². The van der Waals surface area contributed by atoms with Gasteiger partial charge in [0.15, 0.2) is 5.82 Å². The van der Waals surface area contributed by atoms with Crippen molar-refractivity contribution in [3.05, 3.63) is 51.1 Å². The molecule has 0 atom stereocenters. The van der Waals surface area contributed by atoms with Crippen molar-refractivity contribution in [1.29, 1.82) is 0 Å². The van der Waals surface area contributed by atoms with Crippen LogP contribution in [-0.4, -0.2) is 19.4 Å². The van der Waals surface area contributed by atoms with Crippen LogP contribution in [-0.2, 0) is 10.0 Å². The van der Waals surface area contributed by atoms with Crippen molar-refractivity contribution in [2.75, 3.05) is 10.6 Å². The minimum absolute atomic E-state index is 0.0236. The van der Waals surface area contributed by atoms with Gasteiger partial charge in [-0.25, -0.2) is 9.78 Å². The number of aromatic nitrogens is 1. The minimum atomic E-state index is -3.69. The molecule has 0 saturated carbocycles. The molecule has 0 spiro atoms. The standard InChI is InChI=1S/C13H8Cl2N4O3S/c14-8-2-1-3-9(10(8)15)17-13(20)18-12-11-7(4-5-16-12)6-23(21,22)19-11/h1-6H,(H2,16,17,18,20). The van der Waals surface area contributed by atoms with Crippen LogP contribution >= 0.6 is 23.2 Å². The first-order valence-corrected chi connectivity index (χ1v) is 8.45. The second-order valence-corrected chi connectivity index (χ2v) is 6.74. The highest BCUT2D eigenvalue weighted by atomic mass is 35.5. The molecule has 0 bridgehead atoms. The van der Waals surface area contributed by atoms with Gasteiger partial charge in [0.25, 0.3) is 10.0 Å². The fourth-order valence-electron chi connectivity index (χ4n) is 1.93. The lowest BCUT2D eigenvalue weighted by molar-refractivity contribution is 0.262. The molecule has 0 radical (unpaired) electrons. The van der Waals surface area contributed by atoms with Crippen molar-refractivity contribution in [3.63, 3.8) is 0 Å². The smallest absolute Gasteiger partial charge is 0.306 e. The van der Waals surface area contributed by atoms with Gasteiger partial charge in [-0.2, -0.15) is 12.8 Å². The molecular weight excluding hydrogens is 363 g/mol. The number of anilines is 2. The molecule has 3 rings (SSSR count). The van der Waals surface area contributed by atoms with Crippen molar-refractivity contribution in [3.8, 4) is 0 Å². The van der Waals surface area contributed by atoms with Gasteiger partial charge in [0.2, 0.25) is 0 Å². The summed E-state index contributed by atoms with van der Waals surface area (Å²) in [6, 6.07) is 5.60. The molecule has 10 heteroatoms. The molecule has 2 heterocycles. The van der Waals surface area contributed by atoms with Crippen LogP contribution in [0.2, 0.25) is 10.0 Å². The number of amides is 2. The Morgan fingerprint density at radius 1 is 1.13 bits per heavy atom. The number of rotatable bonds is 2. The molecule has 0 unspecified atom stereocenters. The maximum atomic E-state index is 12.0. The molecule has 0 fully saturated rings. The summed E-state index contributed by atoms with van der Waals surface area (Å²) in [5.41, 5.74) is 0.306. The predicted octanol–water partition coefficient (Wildman–Crippen LogP) is 1.73. The molecule has 2 amide bonds. The van der Waals surface area contributed by atoms with Gasteiger partial charge in [0.1, 0.15) is 5.36 Å². The van der Waals surface area contributed by atoms with E-state index in [-0.39, 0.29) is 16.2 Å². The number of halogens is 2. The lowest BCUT2D eigenvalue weighted by Crippen LogP contribution is -2.30. The molecule has 1 aromatic carbocycles. The van der Waals surface area contributed by atoms with Gasteiger partial charge in [0, 0.05) is 11.4 Å². The molecule has 7 nitrogen and oxygen atoms in total. The first-order chi connectivity index (χ1) is 10.9. The molecule has 1 aliphatic rings. The fourth-order valence-corrected chi connectivity index (χ4v) is 3.28. The maximum absolute atomic E-state index is 12.0. The van der Waals surface area contributed by atoms with E-state index >= 15 is 0 Å². The highest BCUT2D eigenvalue weighted by molar-refractivity contribution is 7.97. The Balaban J connectivity index is 1.88. The number of nitrogens with one attached hydrogen (secondary N) is 2. The minimum Gasteiger partial charge on any atom is -0.306 e. The van der Waals surface area contributed by atoms with Gasteiger partial charge in [-0.1, -0.05) is 29.3 Å². The van der Waals surface area contributed by atoms with Crippen LogP contribution < -0.4 is 21.2 Å². The quantitative estimate of drug-likeness (QED) is 0.840. The molecular formula is C13H8Cl2N4O3S. The normalized spacial score (nSPS) is 14.3. The summed E-state index contributed by atoms with van der Waals surface area (Å²) < 4.78 is 26.5. The van der Waals surface area contributed by atoms with Crippen molar-refractivity contribution in [2.45, 2.75) is 0 Å². The van der Waals surface area contributed by atoms with E-state index in [0.29, 0.717) is 15.9 Å². The summed E-state index contributed by atoms with van der Waals surface area (Å²) in [4.78, 5) is 16.0. The number of nitrogens with zero attached hydrogens (tertiary/aromatic N) is 2.